The molecule has 10 nitrogen and oxygen atoms in total. The van der Waals surface area contributed by atoms with E-state index in [9.17, 15) is 36.0 Å². The summed E-state index contributed by atoms with van der Waals surface area (Å²) >= 11 is 1.49. The number of methoxy groups -OCH3 is 1. The predicted octanol–water partition coefficient (Wildman–Crippen LogP) is 4.07. The van der Waals surface area contributed by atoms with Gasteiger partial charge < -0.3 is 26.0 Å². The summed E-state index contributed by atoms with van der Waals surface area (Å²) in [6.07, 6.45) is -1.67. The molecule has 3 rings (SSSR count). The normalized spacial score (nSPS) is 18.9. The Hall–Kier alpha value is -3.30. The van der Waals surface area contributed by atoms with Gasteiger partial charge in [-0.2, -0.15) is 13.2 Å². The highest BCUT2D eigenvalue weighted by molar-refractivity contribution is 7.98. The van der Waals surface area contributed by atoms with Gasteiger partial charge in [-0.25, -0.2) is 13.2 Å². The van der Waals surface area contributed by atoms with Gasteiger partial charge in [0.15, 0.2) is 9.84 Å². The van der Waals surface area contributed by atoms with Crippen molar-refractivity contribution in [3.8, 4) is 0 Å². The third kappa shape index (κ3) is 9.60. The molecular weight excluding hydrogens is 609 g/mol. The first-order chi connectivity index (χ1) is 20.3. The van der Waals surface area contributed by atoms with Gasteiger partial charge in [0.25, 0.3) is 5.91 Å². The number of halogens is 3. The zero-order chi connectivity index (χ0) is 31.8. The number of rotatable bonds is 11. The largest absolute Gasteiger partial charge is 0.416 e. The van der Waals surface area contributed by atoms with Crippen molar-refractivity contribution in [1.82, 2.24) is 16.0 Å². The van der Waals surface area contributed by atoms with Crippen LogP contribution in [0.2, 0.25) is 0 Å². The van der Waals surface area contributed by atoms with Crippen LogP contribution in [0.3, 0.4) is 0 Å². The molecule has 2 aromatic carbocycles. The van der Waals surface area contributed by atoms with Crippen LogP contribution in [0, 0.1) is 5.92 Å². The second-order valence-electron chi connectivity index (χ2n) is 9.99. The fraction of sp³-hybridized carbons (Fsp3) is 0.464. The first kappa shape index (κ1) is 34.2. The van der Waals surface area contributed by atoms with Crippen LogP contribution in [0.25, 0.3) is 0 Å². The SMILES string of the molecule is CCNC(=O)Nc1ccc(C(F)(F)F)cc1C(=O)NCC(=O)N[C@H]1C[C@H](OC)CC[C@@H]1CS(=O)(=O)c1ccc(SC)cc1. The Labute approximate surface area is 252 Å². The van der Waals surface area contributed by atoms with Gasteiger partial charge in [0.2, 0.25) is 5.91 Å². The quantitative estimate of drug-likeness (QED) is 0.270. The zero-order valence-electron chi connectivity index (χ0n) is 23.9. The molecule has 0 bridgehead atoms. The standard InChI is InChI=1S/C28H35F3N4O6S2/c1-4-32-27(38)35-23-12-6-18(28(29,30)31)13-22(23)26(37)33-15-25(36)34-24-14-19(41-2)7-5-17(24)16-43(39,40)21-10-8-20(42-3)9-11-21/h6,8-13,17,19,24H,4-5,7,14-16H2,1-3H3,(H,33,37)(H,34,36)(H2,32,35,38)/t17-,19-,24+/m1/s1. The summed E-state index contributed by atoms with van der Waals surface area (Å²) in [7, 11) is -2.15. The van der Waals surface area contributed by atoms with Crippen molar-refractivity contribution in [3.05, 3.63) is 53.6 Å². The van der Waals surface area contributed by atoms with Crippen molar-refractivity contribution >= 4 is 45.1 Å². The number of anilines is 1. The molecule has 0 saturated heterocycles. The Bertz CT molecular complexity index is 1400. The molecule has 0 heterocycles. The molecular formula is C28H35F3N4O6S2. The highest BCUT2D eigenvalue weighted by Gasteiger charge is 2.35. The summed E-state index contributed by atoms with van der Waals surface area (Å²) in [6.45, 7) is 1.29. The van der Waals surface area contributed by atoms with Crippen molar-refractivity contribution in [2.75, 3.05) is 37.5 Å². The summed E-state index contributed by atoms with van der Waals surface area (Å²) in [6, 6.07) is 7.51. The van der Waals surface area contributed by atoms with Gasteiger partial charge in [-0.1, -0.05) is 0 Å². The van der Waals surface area contributed by atoms with E-state index in [1.165, 1.54) is 18.9 Å². The lowest BCUT2D eigenvalue weighted by Gasteiger charge is -2.36. The second-order valence-corrected chi connectivity index (χ2v) is 12.9. The molecule has 0 radical (unpaired) electrons. The summed E-state index contributed by atoms with van der Waals surface area (Å²) in [5.41, 5.74) is -1.77. The van der Waals surface area contributed by atoms with Crippen LogP contribution < -0.4 is 21.3 Å². The highest BCUT2D eigenvalue weighted by Crippen LogP contribution is 2.32. The maximum absolute atomic E-state index is 13.3. The number of carbonyl (C=O) groups is 3. The monoisotopic (exact) mass is 644 g/mol. The maximum atomic E-state index is 13.3. The number of nitrogens with one attached hydrogen (secondary N) is 4. The van der Waals surface area contributed by atoms with Gasteiger partial charge in [-0.3, -0.25) is 9.59 Å². The molecule has 0 aromatic heterocycles. The molecule has 1 aliphatic carbocycles. The third-order valence-electron chi connectivity index (χ3n) is 7.06. The van der Waals surface area contributed by atoms with Crippen molar-refractivity contribution in [2.24, 2.45) is 5.92 Å². The van der Waals surface area contributed by atoms with Crippen LogP contribution in [0.4, 0.5) is 23.7 Å². The Kier molecular flexibility index (Phi) is 11.9. The van der Waals surface area contributed by atoms with Crippen molar-refractivity contribution in [2.45, 2.75) is 54.3 Å². The lowest BCUT2D eigenvalue weighted by Crippen LogP contribution is -2.50. The Balaban J connectivity index is 1.72. The lowest BCUT2D eigenvalue weighted by molar-refractivity contribution is -0.137. The van der Waals surface area contributed by atoms with E-state index >= 15 is 0 Å². The fourth-order valence-electron chi connectivity index (χ4n) is 4.80. The number of carbonyl (C=O) groups excluding carboxylic acids is 3. The first-order valence-electron chi connectivity index (χ1n) is 13.5. The summed E-state index contributed by atoms with van der Waals surface area (Å²) in [5, 5.41) is 9.82. The summed E-state index contributed by atoms with van der Waals surface area (Å²) in [4.78, 5) is 38.9. The molecule has 2 aromatic rings. The second kappa shape index (κ2) is 14.9. The van der Waals surface area contributed by atoms with E-state index in [2.05, 4.69) is 21.3 Å². The summed E-state index contributed by atoms with van der Waals surface area (Å²) < 4.78 is 71.8. The molecule has 4 N–H and O–H groups in total. The number of ether oxygens (including phenoxy) is 1. The van der Waals surface area contributed by atoms with Crippen LogP contribution in [0.5, 0.6) is 0 Å². The molecule has 1 aliphatic rings. The van der Waals surface area contributed by atoms with Crippen LogP contribution in [-0.4, -0.2) is 70.6 Å². The average Bonchev–Trinajstić information content (AvgIpc) is 2.96. The smallest absolute Gasteiger partial charge is 0.381 e. The van der Waals surface area contributed by atoms with E-state index in [-0.39, 0.29) is 29.0 Å². The van der Waals surface area contributed by atoms with E-state index in [4.69, 9.17) is 4.74 Å². The lowest BCUT2D eigenvalue weighted by atomic mass is 9.84. The van der Waals surface area contributed by atoms with Crippen LogP contribution in [0.1, 0.15) is 42.1 Å². The number of amides is 4. The molecule has 15 heteroatoms. The van der Waals surface area contributed by atoms with Crippen LogP contribution in [-0.2, 0) is 25.5 Å². The predicted molar refractivity (Wildman–Crippen MR) is 157 cm³/mol. The molecule has 43 heavy (non-hydrogen) atoms. The van der Waals surface area contributed by atoms with E-state index in [0.29, 0.717) is 25.3 Å². The van der Waals surface area contributed by atoms with Crippen molar-refractivity contribution in [1.29, 1.82) is 0 Å². The molecule has 0 aliphatic heterocycles. The zero-order valence-corrected chi connectivity index (χ0v) is 25.5. The molecule has 0 spiro atoms. The van der Waals surface area contributed by atoms with Crippen LogP contribution in [0.15, 0.2) is 52.3 Å². The Morgan fingerprint density at radius 3 is 2.35 bits per heavy atom. The number of thioether (sulfide) groups is 1. The number of hydrogen-bond donors (Lipinski definition) is 4. The molecule has 3 atom stereocenters. The molecule has 236 valence electrons. The molecule has 1 saturated carbocycles. The Morgan fingerprint density at radius 2 is 1.74 bits per heavy atom. The molecule has 0 unspecified atom stereocenters. The minimum Gasteiger partial charge on any atom is -0.381 e. The minimum atomic E-state index is -4.75. The molecule has 4 amide bonds. The van der Waals surface area contributed by atoms with Gasteiger partial charge in [0.05, 0.1) is 40.1 Å². The third-order valence-corrected chi connectivity index (χ3v) is 9.66. The Morgan fingerprint density at radius 1 is 1.05 bits per heavy atom. The van der Waals surface area contributed by atoms with E-state index in [0.717, 1.165) is 17.0 Å². The van der Waals surface area contributed by atoms with Crippen molar-refractivity contribution in [3.63, 3.8) is 0 Å². The maximum Gasteiger partial charge on any atom is 0.416 e. The van der Waals surface area contributed by atoms with Crippen molar-refractivity contribution < 1.29 is 40.7 Å². The average molecular weight is 645 g/mol. The van der Waals surface area contributed by atoms with Crippen LogP contribution >= 0.6 is 11.8 Å². The first-order valence-corrected chi connectivity index (χ1v) is 16.4. The number of urea groups is 1. The van der Waals surface area contributed by atoms with Gasteiger partial charge >= 0.3 is 12.2 Å². The van der Waals surface area contributed by atoms with Gasteiger partial charge in [-0.05, 0) is 80.8 Å². The summed E-state index contributed by atoms with van der Waals surface area (Å²) in [5.74, 6) is -2.32. The van der Waals surface area contributed by atoms with Gasteiger partial charge in [0, 0.05) is 24.6 Å². The number of hydrogen-bond acceptors (Lipinski definition) is 7. The van der Waals surface area contributed by atoms with E-state index in [1.54, 1.807) is 31.2 Å². The minimum absolute atomic E-state index is 0.176. The van der Waals surface area contributed by atoms with E-state index < -0.39 is 63.5 Å². The molecule has 1 fully saturated rings. The number of benzene rings is 2. The number of sulfone groups is 1. The van der Waals surface area contributed by atoms with Gasteiger partial charge in [-0.15, -0.1) is 11.8 Å². The van der Waals surface area contributed by atoms with E-state index in [1.807, 2.05) is 6.26 Å². The fourth-order valence-corrected chi connectivity index (χ4v) is 6.92. The topological polar surface area (TPSA) is 143 Å². The highest BCUT2D eigenvalue weighted by atomic mass is 32.2. The number of alkyl halides is 3. The van der Waals surface area contributed by atoms with Gasteiger partial charge in [0.1, 0.15) is 0 Å².